The first kappa shape index (κ1) is 18.9. The number of hydrogen-bond donors (Lipinski definition) is 0. The van der Waals surface area contributed by atoms with Gasteiger partial charge in [0.2, 0.25) is 10.0 Å². The Hall–Kier alpha value is -1.89. The van der Waals surface area contributed by atoms with Crippen molar-refractivity contribution in [2.45, 2.75) is 36.8 Å². The molecule has 7 heteroatoms. The van der Waals surface area contributed by atoms with Gasteiger partial charge in [-0.25, -0.2) is 8.42 Å². The molecule has 5 nitrogen and oxygen atoms in total. The van der Waals surface area contributed by atoms with Crippen LogP contribution >= 0.6 is 11.6 Å². The van der Waals surface area contributed by atoms with Crippen LogP contribution in [0.15, 0.2) is 59.5 Å². The van der Waals surface area contributed by atoms with E-state index in [0.717, 1.165) is 12.8 Å². The van der Waals surface area contributed by atoms with E-state index >= 15 is 0 Å². The molecule has 1 fully saturated rings. The third kappa shape index (κ3) is 4.09. The molecule has 138 valence electrons. The average Bonchev–Trinajstić information content (AvgIpc) is 2.68. The largest absolute Gasteiger partial charge is 0.460 e. The topological polar surface area (TPSA) is 63.7 Å². The lowest BCUT2D eigenvalue weighted by Gasteiger charge is -2.33. The number of nitrogens with zero attached hydrogens (tertiary/aromatic N) is 1. The number of rotatable bonds is 5. The zero-order chi connectivity index (χ0) is 18.6. The van der Waals surface area contributed by atoms with Gasteiger partial charge < -0.3 is 4.74 Å². The minimum atomic E-state index is -3.74. The second kappa shape index (κ2) is 8.20. The Morgan fingerprint density at radius 1 is 1.08 bits per heavy atom. The van der Waals surface area contributed by atoms with E-state index in [1.165, 1.54) is 16.4 Å². The summed E-state index contributed by atoms with van der Waals surface area (Å²) in [7, 11) is -3.74. The second-order valence-corrected chi connectivity index (χ2v) is 8.44. The van der Waals surface area contributed by atoms with Gasteiger partial charge in [-0.15, -0.1) is 0 Å². The Kier molecular flexibility index (Phi) is 5.96. The molecule has 0 amide bonds. The Morgan fingerprint density at radius 3 is 2.50 bits per heavy atom. The normalized spacial score (nSPS) is 18.4. The molecule has 1 atom stereocenters. The van der Waals surface area contributed by atoms with Gasteiger partial charge >= 0.3 is 5.97 Å². The molecule has 1 heterocycles. The molecule has 3 rings (SSSR count). The van der Waals surface area contributed by atoms with E-state index in [0.29, 0.717) is 23.6 Å². The van der Waals surface area contributed by atoms with Gasteiger partial charge in [-0.05, 0) is 37.5 Å². The van der Waals surface area contributed by atoms with Crippen LogP contribution in [0.4, 0.5) is 0 Å². The first-order valence-electron chi connectivity index (χ1n) is 8.47. The lowest BCUT2D eigenvalue weighted by Crippen LogP contribution is -2.48. The number of carbonyl (C=O) groups excluding carboxylic acids is 1. The number of sulfonamides is 1. The van der Waals surface area contributed by atoms with Crippen molar-refractivity contribution in [2.24, 2.45) is 0 Å². The summed E-state index contributed by atoms with van der Waals surface area (Å²) in [5.74, 6) is -0.538. The summed E-state index contributed by atoms with van der Waals surface area (Å²) in [4.78, 5) is 12.8. The molecule has 1 saturated heterocycles. The average molecular weight is 394 g/mol. The van der Waals surface area contributed by atoms with Crippen LogP contribution in [0.25, 0.3) is 0 Å². The van der Waals surface area contributed by atoms with Crippen LogP contribution in [0.2, 0.25) is 5.02 Å². The smallest absolute Gasteiger partial charge is 0.324 e. The van der Waals surface area contributed by atoms with Gasteiger partial charge in [0.15, 0.2) is 0 Å². The van der Waals surface area contributed by atoms with Crippen LogP contribution in [-0.4, -0.2) is 31.3 Å². The van der Waals surface area contributed by atoms with Crippen molar-refractivity contribution in [1.82, 2.24) is 4.31 Å². The summed E-state index contributed by atoms with van der Waals surface area (Å²) >= 11 is 6.08. The fourth-order valence-corrected chi connectivity index (χ4v) is 4.87. The first-order valence-corrected chi connectivity index (χ1v) is 10.3. The lowest BCUT2D eigenvalue weighted by molar-refractivity contribution is -0.150. The molecule has 2 aromatic carbocycles. The van der Waals surface area contributed by atoms with Crippen molar-refractivity contribution >= 4 is 27.6 Å². The molecule has 0 saturated carbocycles. The molecule has 0 N–H and O–H groups in total. The maximum atomic E-state index is 12.9. The Bertz CT molecular complexity index is 870. The second-order valence-electron chi connectivity index (χ2n) is 6.14. The number of halogens is 1. The van der Waals surface area contributed by atoms with Crippen LogP contribution in [0.1, 0.15) is 24.8 Å². The number of hydrogen-bond acceptors (Lipinski definition) is 4. The molecular formula is C19H20ClNO4S. The van der Waals surface area contributed by atoms with E-state index in [1.54, 1.807) is 36.4 Å². The molecule has 0 aliphatic carbocycles. The minimum Gasteiger partial charge on any atom is -0.460 e. The van der Waals surface area contributed by atoms with Gasteiger partial charge in [0, 0.05) is 17.1 Å². The third-order valence-electron chi connectivity index (χ3n) is 4.40. The van der Waals surface area contributed by atoms with Gasteiger partial charge in [-0.2, -0.15) is 4.31 Å². The highest BCUT2D eigenvalue weighted by atomic mass is 35.5. The molecule has 0 radical (unpaired) electrons. The van der Waals surface area contributed by atoms with Crippen molar-refractivity contribution in [3.05, 3.63) is 65.2 Å². The molecule has 26 heavy (non-hydrogen) atoms. The van der Waals surface area contributed by atoms with E-state index in [9.17, 15) is 13.2 Å². The third-order valence-corrected chi connectivity index (χ3v) is 6.69. The summed E-state index contributed by atoms with van der Waals surface area (Å²) in [6.07, 6.45) is 1.96. The van der Waals surface area contributed by atoms with E-state index in [2.05, 4.69) is 0 Å². The molecule has 0 spiro atoms. The van der Waals surface area contributed by atoms with Crippen molar-refractivity contribution in [3.63, 3.8) is 0 Å². The summed E-state index contributed by atoms with van der Waals surface area (Å²) < 4.78 is 32.5. The Balaban J connectivity index is 1.76. The van der Waals surface area contributed by atoms with E-state index in [1.807, 2.05) is 6.07 Å². The van der Waals surface area contributed by atoms with E-state index < -0.39 is 22.0 Å². The van der Waals surface area contributed by atoms with Crippen molar-refractivity contribution in [1.29, 1.82) is 0 Å². The predicted molar refractivity (Wildman–Crippen MR) is 99.2 cm³/mol. The fraction of sp³-hybridized carbons (Fsp3) is 0.316. The number of carbonyl (C=O) groups is 1. The summed E-state index contributed by atoms with van der Waals surface area (Å²) in [6, 6.07) is 14.5. The van der Waals surface area contributed by atoms with Crippen LogP contribution in [0.3, 0.4) is 0 Å². The molecule has 0 aromatic heterocycles. The van der Waals surface area contributed by atoms with Gasteiger partial charge in [0.1, 0.15) is 12.6 Å². The highest BCUT2D eigenvalue weighted by Gasteiger charge is 2.38. The molecule has 1 aliphatic heterocycles. The maximum Gasteiger partial charge on any atom is 0.324 e. The van der Waals surface area contributed by atoms with Crippen molar-refractivity contribution in [2.75, 3.05) is 6.54 Å². The van der Waals surface area contributed by atoms with Gasteiger partial charge in [-0.1, -0.05) is 48.0 Å². The highest BCUT2D eigenvalue weighted by molar-refractivity contribution is 7.89. The molecule has 1 aliphatic rings. The molecule has 0 bridgehead atoms. The maximum absolute atomic E-state index is 12.9. The predicted octanol–water partition coefficient (Wildman–Crippen LogP) is 3.63. The number of esters is 1. The number of ether oxygens (including phenoxy) is 1. The summed E-state index contributed by atoms with van der Waals surface area (Å²) in [5.41, 5.74) is 0.691. The quantitative estimate of drug-likeness (QED) is 0.728. The van der Waals surface area contributed by atoms with Crippen molar-refractivity contribution in [3.8, 4) is 0 Å². The van der Waals surface area contributed by atoms with Crippen LogP contribution in [-0.2, 0) is 26.2 Å². The van der Waals surface area contributed by atoms with Gasteiger partial charge in [0.05, 0.1) is 4.90 Å². The number of benzene rings is 2. The summed E-state index contributed by atoms with van der Waals surface area (Å²) in [6.45, 7) is 0.331. The minimum absolute atomic E-state index is 0.0221. The standard InChI is InChI=1S/C19H20ClNO4S/c20-17-11-5-4-8-15(17)14-25-19(22)18-12-6-7-13-21(18)26(23,24)16-9-2-1-3-10-16/h1-5,8-11,18H,6-7,12-14H2. The Labute approximate surface area is 158 Å². The Morgan fingerprint density at radius 2 is 1.77 bits per heavy atom. The molecule has 1 unspecified atom stereocenters. The monoisotopic (exact) mass is 393 g/mol. The molecule has 2 aromatic rings. The van der Waals surface area contributed by atoms with Crippen LogP contribution in [0, 0.1) is 0 Å². The summed E-state index contributed by atoms with van der Waals surface area (Å²) in [5, 5.41) is 0.512. The van der Waals surface area contributed by atoms with Gasteiger partial charge in [-0.3, -0.25) is 4.79 Å². The zero-order valence-corrected chi connectivity index (χ0v) is 15.7. The van der Waals surface area contributed by atoms with Crippen molar-refractivity contribution < 1.29 is 17.9 Å². The highest BCUT2D eigenvalue weighted by Crippen LogP contribution is 2.26. The zero-order valence-electron chi connectivity index (χ0n) is 14.2. The SMILES string of the molecule is O=C(OCc1ccccc1Cl)C1CCCCN1S(=O)(=O)c1ccccc1. The van der Waals surface area contributed by atoms with Crippen LogP contribution < -0.4 is 0 Å². The molecular weight excluding hydrogens is 374 g/mol. The lowest BCUT2D eigenvalue weighted by atomic mass is 10.1. The van der Waals surface area contributed by atoms with E-state index in [4.69, 9.17) is 16.3 Å². The number of piperidine rings is 1. The van der Waals surface area contributed by atoms with E-state index in [-0.39, 0.29) is 11.5 Å². The fourth-order valence-electron chi connectivity index (χ4n) is 3.02. The van der Waals surface area contributed by atoms with Crippen LogP contribution in [0.5, 0.6) is 0 Å². The first-order chi connectivity index (χ1) is 12.5. The van der Waals surface area contributed by atoms with Gasteiger partial charge in [0.25, 0.3) is 0 Å².